The lowest BCUT2D eigenvalue weighted by molar-refractivity contribution is -0.117. The van der Waals surface area contributed by atoms with Crippen LogP contribution in [0.2, 0.25) is 0 Å². The number of nitrogens with two attached hydrogens (primary N) is 1. The van der Waals surface area contributed by atoms with Crippen LogP contribution in [0.15, 0.2) is 29.4 Å². The zero-order valence-electron chi connectivity index (χ0n) is 9.01. The Labute approximate surface area is 93.5 Å². The van der Waals surface area contributed by atoms with Gasteiger partial charge in [-0.15, -0.1) is 0 Å². The summed E-state index contributed by atoms with van der Waals surface area (Å²) in [5, 5.41) is 11.1. The number of oxime groups is 1. The second kappa shape index (κ2) is 5.75. The molecular formula is C11H14N2O3. The molecule has 1 rings (SSSR count). The largest absolute Gasteiger partial charge is 0.496 e. The smallest absolute Gasteiger partial charge is 0.146 e. The van der Waals surface area contributed by atoms with Gasteiger partial charge in [0.05, 0.1) is 13.5 Å². The van der Waals surface area contributed by atoms with Gasteiger partial charge in [-0.3, -0.25) is 4.79 Å². The van der Waals surface area contributed by atoms with E-state index in [1.807, 2.05) is 18.2 Å². The molecule has 0 bridgehead atoms. The van der Waals surface area contributed by atoms with Crippen molar-refractivity contribution in [3.63, 3.8) is 0 Å². The number of nitrogens with zero attached hydrogens (tertiary/aromatic N) is 1. The first-order valence-corrected chi connectivity index (χ1v) is 4.77. The minimum absolute atomic E-state index is 0.0610. The molecule has 0 aliphatic heterocycles. The van der Waals surface area contributed by atoms with E-state index in [1.54, 1.807) is 13.2 Å². The Morgan fingerprint density at radius 1 is 1.50 bits per heavy atom. The van der Waals surface area contributed by atoms with E-state index < -0.39 is 0 Å². The normalized spacial score (nSPS) is 11.2. The standard InChI is InChI=1S/C11H14N2O3/c1-16-10-5-3-2-4-8(10)6-9(14)7-11(12)13-15/h2-5,15H,6-7H2,1H3,(H2,12,13). The lowest BCUT2D eigenvalue weighted by Gasteiger charge is -2.06. The summed E-state index contributed by atoms with van der Waals surface area (Å²) in [6, 6.07) is 7.25. The molecule has 0 aliphatic rings. The summed E-state index contributed by atoms with van der Waals surface area (Å²) >= 11 is 0. The Bertz CT molecular complexity index is 402. The average Bonchev–Trinajstić information content (AvgIpc) is 2.29. The molecular weight excluding hydrogens is 208 g/mol. The Hall–Kier alpha value is -2.04. The van der Waals surface area contributed by atoms with Gasteiger partial charge >= 0.3 is 0 Å². The molecule has 1 aromatic carbocycles. The number of para-hydroxylation sites is 1. The molecule has 0 saturated heterocycles. The van der Waals surface area contributed by atoms with Crippen molar-refractivity contribution in [3.05, 3.63) is 29.8 Å². The van der Waals surface area contributed by atoms with Crippen LogP contribution in [-0.2, 0) is 11.2 Å². The number of hydrogen-bond donors (Lipinski definition) is 2. The third-order valence-electron chi connectivity index (χ3n) is 2.09. The summed E-state index contributed by atoms with van der Waals surface area (Å²) in [7, 11) is 1.55. The molecule has 0 atom stereocenters. The fourth-order valence-corrected chi connectivity index (χ4v) is 1.36. The van der Waals surface area contributed by atoms with E-state index in [-0.39, 0.29) is 24.5 Å². The summed E-state index contributed by atoms with van der Waals surface area (Å²) in [5.74, 6) is 0.454. The first-order chi connectivity index (χ1) is 7.67. The van der Waals surface area contributed by atoms with Crippen molar-refractivity contribution >= 4 is 11.6 Å². The summed E-state index contributed by atoms with van der Waals surface area (Å²) in [5.41, 5.74) is 6.04. The van der Waals surface area contributed by atoms with Crippen molar-refractivity contribution in [1.82, 2.24) is 0 Å². The fraction of sp³-hybridized carbons (Fsp3) is 0.273. The van der Waals surface area contributed by atoms with Crippen LogP contribution in [-0.4, -0.2) is 23.9 Å². The summed E-state index contributed by atoms with van der Waals surface area (Å²) in [6.45, 7) is 0. The van der Waals surface area contributed by atoms with Crippen LogP contribution in [0.1, 0.15) is 12.0 Å². The molecule has 86 valence electrons. The number of hydrogen-bond acceptors (Lipinski definition) is 4. The molecule has 5 heteroatoms. The van der Waals surface area contributed by atoms with Crippen molar-refractivity contribution in [2.45, 2.75) is 12.8 Å². The molecule has 0 spiro atoms. The number of carbonyl (C=O) groups excluding carboxylic acids is 1. The second-order valence-corrected chi connectivity index (χ2v) is 3.30. The van der Waals surface area contributed by atoms with Crippen LogP contribution in [0.3, 0.4) is 0 Å². The van der Waals surface area contributed by atoms with E-state index in [0.717, 1.165) is 5.56 Å². The highest BCUT2D eigenvalue weighted by atomic mass is 16.5. The van der Waals surface area contributed by atoms with E-state index in [4.69, 9.17) is 15.7 Å². The number of methoxy groups -OCH3 is 1. The maximum absolute atomic E-state index is 11.5. The Kier molecular flexibility index (Phi) is 4.32. The van der Waals surface area contributed by atoms with Crippen molar-refractivity contribution in [3.8, 4) is 5.75 Å². The number of benzene rings is 1. The fourth-order valence-electron chi connectivity index (χ4n) is 1.36. The van der Waals surface area contributed by atoms with E-state index in [0.29, 0.717) is 5.75 Å². The lowest BCUT2D eigenvalue weighted by Crippen LogP contribution is -2.18. The zero-order chi connectivity index (χ0) is 12.0. The highest BCUT2D eigenvalue weighted by molar-refractivity contribution is 6.00. The monoisotopic (exact) mass is 222 g/mol. The summed E-state index contributed by atoms with van der Waals surface area (Å²) in [4.78, 5) is 11.5. The maximum Gasteiger partial charge on any atom is 0.146 e. The first kappa shape index (κ1) is 12.0. The number of rotatable bonds is 5. The van der Waals surface area contributed by atoms with Gasteiger partial charge in [0.2, 0.25) is 0 Å². The van der Waals surface area contributed by atoms with Crippen LogP contribution in [0, 0.1) is 0 Å². The quantitative estimate of drug-likeness (QED) is 0.336. The van der Waals surface area contributed by atoms with Gasteiger partial charge in [-0.1, -0.05) is 23.4 Å². The van der Waals surface area contributed by atoms with Crippen LogP contribution >= 0.6 is 0 Å². The highest BCUT2D eigenvalue weighted by Gasteiger charge is 2.09. The molecule has 3 N–H and O–H groups in total. The van der Waals surface area contributed by atoms with E-state index >= 15 is 0 Å². The van der Waals surface area contributed by atoms with E-state index in [9.17, 15) is 4.79 Å². The molecule has 0 saturated carbocycles. The van der Waals surface area contributed by atoms with Gasteiger partial charge < -0.3 is 15.7 Å². The molecule has 5 nitrogen and oxygen atoms in total. The Morgan fingerprint density at radius 3 is 2.81 bits per heavy atom. The van der Waals surface area contributed by atoms with Crippen molar-refractivity contribution in [2.75, 3.05) is 7.11 Å². The Morgan fingerprint density at radius 2 is 2.19 bits per heavy atom. The van der Waals surface area contributed by atoms with Gasteiger partial charge in [0.25, 0.3) is 0 Å². The SMILES string of the molecule is COc1ccccc1CC(=O)C/C(N)=N/O. The molecule has 0 fully saturated rings. The zero-order valence-corrected chi connectivity index (χ0v) is 9.01. The number of carbonyl (C=O) groups is 1. The van der Waals surface area contributed by atoms with Crippen LogP contribution < -0.4 is 10.5 Å². The topological polar surface area (TPSA) is 84.9 Å². The van der Waals surface area contributed by atoms with Crippen molar-refractivity contribution < 1.29 is 14.7 Å². The van der Waals surface area contributed by atoms with Crippen LogP contribution in [0.25, 0.3) is 0 Å². The molecule has 0 unspecified atom stereocenters. The predicted octanol–water partition coefficient (Wildman–Crippen LogP) is 0.943. The van der Waals surface area contributed by atoms with Crippen LogP contribution in [0.5, 0.6) is 5.75 Å². The molecule has 0 aromatic heterocycles. The highest BCUT2D eigenvalue weighted by Crippen LogP contribution is 2.18. The van der Waals surface area contributed by atoms with Gasteiger partial charge in [0.15, 0.2) is 0 Å². The summed E-state index contributed by atoms with van der Waals surface area (Å²) in [6.07, 6.45) is 0.148. The summed E-state index contributed by atoms with van der Waals surface area (Å²) < 4.78 is 5.11. The van der Waals surface area contributed by atoms with Gasteiger partial charge in [0, 0.05) is 12.0 Å². The third kappa shape index (κ3) is 3.27. The average molecular weight is 222 g/mol. The van der Waals surface area contributed by atoms with Crippen molar-refractivity contribution in [1.29, 1.82) is 0 Å². The number of Topliss-reactive ketones (excluding diaryl/α,β-unsaturated/α-hetero) is 1. The van der Waals surface area contributed by atoms with Gasteiger partial charge in [-0.25, -0.2) is 0 Å². The van der Waals surface area contributed by atoms with Crippen LogP contribution in [0.4, 0.5) is 0 Å². The molecule has 0 radical (unpaired) electrons. The van der Waals surface area contributed by atoms with E-state index in [2.05, 4.69) is 5.16 Å². The molecule has 0 heterocycles. The first-order valence-electron chi connectivity index (χ1n) is 4.77. The number of amidine groups is 1. The second-order valence-electron chi connectivity index (χ2n) is 3.30. The van der Waals surface area contributed by atoms with Gasteiger partial charge in [0.1, 0.15) is 17.4 Å². The number of ether oxygens (including phenoxy) is 1. The predicted molar refractivity (Wildman–Crippen MR) is 59.7 cm³/mol. The number of ketones is 1. The van der Waals surface area contributed by atoms with E-state index in [1.165, 1.54) is 0 Å². The maximum atomic E-state index is 11.5. The minimum atomic E-state index is -0.125. The molecule has 0 aliphatic carbocycles. The van der Waals surface area contributed by atoms with Gasteiger partial charge in [-0.05, 0) is 6.07 Å². The third-order valence-corrected chi connectivity index (χ3v) is 2.09. The molecule has 1 aromatic rings. The molecule has 16 heavy (non-hydrogen) atoms. The van der Waals surface area contributed by atoms with Crippen molar-refractivity contribution in [2.24, 2.45) is 10.9 Å². The van der Waals surface area contributed by atoms with Gasteiger partial charge in [-0.2, -0.15) is 0 Å². The minimum Gasteiger partial charge on any atom is -0.496 e. The Balaban J connectivity index is 2.69. The lowest BCUT2D eigenvalue weighted by atomic mass is 10.1. The molecule has 0 amide bonds.